The Balaban J connectivity index is 2.33. The minimum Gasteiger partial charge on any atom is -0.505 e. The number of halogens is 1. The van der Waals surface area contributed by atoms with Crippen LogP contribution in [0.2, 0.25) is 0 Å². The molecule has 0 aromatic heterocycles. The first-order chi connectivity index (χ1) is 7.72. The zero-order valence-corrected chi connectivity index (χ0v) is 9.29. The molecule has 1 heterocycles. The highest BCUT2D eigenvalue weighted by atomic mass is 19.1. The molecule has 0 saturated carbocycles. The first-order valence-corrected chi connectivity index (χ1v) is 5.56. The molecular weight excluding hydrogens is 209 g/mol. The van der Waals surface area contributed by atoms with Gasteiger partial charge in [-0.2, -0.15) is 0 Å². The van der Waals surface area contributed by atoms with Crippen molar-refractivity contribution >= 4 is 0 Å². The summed E-state index contributed by atoms with van der Waals surface area (Å²) in [5.74, 6) is -0.852. The Bertz CT molecular complexity index is 376. The summed E-state index contributed by atoms with van der Waals surface area (Å²) in [6.07, 6.45) is 0.486. The molecule has 16 heavy (non-hydrogen) atoms. The van der Waals surface area contributed by atoms with Crippen LogP contribution in [0.3, 0.4) is 0 Å². The summed E-state index contributed by atoms with van der Waals surface area (Å²) >= 11 is 0. The Hall–Kier alpha value is -1.13. The van der Waals surface area contributed by atoms with Crippen LogP contribution in [0.15, 0.2) is 12.1 Å². The smallest absolute Gasteiger partial charge is 0.165 e. The van der Waals surface area contributed by atoms with E-state index in [1.165, 1.54) is 6.07 Å². The molecule has 2 rings (SSSR count). The normalized spacial score (nSPS) is 21.0. The summed E-state index contributed by atoms with van der Waals surface area (Å²) in [7, 11) is 0. The van der Waals surface area contributed by atoms with E-state index >= 15 is 0 Å². The lowest BCUT2D eigenvalue weighted by molar-refractivity contribution is 0.0259. The van der Waals surface area contributed by atoms with Crippen LogP contribution in [-0.2, 0) is 11.2 Å². The Morgan fingerprint density at radius 1 is 1.56 bits per heavy atom. The van der Waals surface area contributed by atoms with Gasteiger partial charge in [0.15, 0.2) is 11.6 Å². The molecular formula is C12H16FNO2. The second-order valence-corrected chi connectivity index (χ2v) is 3.93. The maximum absolute atomic E-state index is 13.5. The predicted octanol–water partition coefficient (Wildman–Crippen LogP) is 1.75. The van der Waals surface area contributed by atoms with E-state index in [-0.39, 0.29) is 11.9 Å². The monoisotopic (exact) mass is 225 g/mol. The number of phenolic OH excluding ortho intramolecular Hbond substituents is 1. The van der Waals surface area contributed by atoms with Gasteiger partial charge in [0.05, 0.1) is 12.7 Å². The lowest BCUT2D eigenvalue weighted by Crippen LogP contribution is -2.33. The number of ether oxygens (including phenoxy) is 1. The van der Waals surface area contributed by atoms with E-state index in [9.17, 15) is 9.50 Å². The molecule has 88 valence electrons. The number of nitrogens with one attached hydrogen (secondary N) is 1. The Morgan fingerprint density at radius 2 is 2.38 bits per heavy atom. The maximum Gasteiger partial charge on any atom is 0.165 e. The van der Waals surface area contributed by atoms with Crippen molar-refractivity contribution in [2.24, 2.45) is 0 Å². The highest BCUT2D eigenvalue weighted by molar-refractivity contribution is 5.39. The van der Waals surface area contributed by atoms with Gasteiger partial charge in [0, 0.05) is 18.7 Å². The summed E-state index contributed by atoms with van der Waals surface area (Å²) in [4.78, 5) is 0. The van der Waals surface area contributed by atoms with Gasteiger partial charge in [0.1, 0.15) is 0 Å². The van der Waals surface area contributed by atoms with Crippen LogP contribution in [0.25, 0.3) is 0 Å². The van der Waals surface area contributed by atoms with Crippen LogP contribution >= 0.6 is 0 Å². The molecule has 0 radical (unpaired) electrons. The van der Waals surface area contributed by atoms with Crippen molar-refractivity contribution in [1.82, 2.24) is 5.32 Å². The molecule has 3 nitrogen and oxygen atoms in total. The zero-order chi connectivity index (χ0) is 11.5. The third kappa shape index (κ3) is 2.18. The van der Waals surface area contributed by atoms with Crippen LogP contribution in [0, 0.1) is 5.82 Å². The average molecular weight is 225 g/mol. The largest absolute Gasteiger partial charge is 0.505 e. The lowest BCUT2D eigenvalue weighted by atomic mass is 10.0. The maximum atomic E-state index is 13.5. The van der Waals surface area contributed by atoms with Gasteiger partial charge in [-0.05, 0) is 24.1 Å². The van der Waals surface area contributed by atoms with Gasteiger partial charge in [-0.15, -0.1) is 0 Å². The van der Waals surface area contributed by atoms with Crippen molar-refractivity contribution in [3.63, 3.8) is 0 Å². The molecule has 4 heteroatoms. The van der Waals surface area contributed by atoms with E-state index in [1.54, 1.807) is 0 Å². The van der Waals surface area contributed by atoms with Gasteiger partial charge < -0.3 is 15.2 Å². The molecule has 1 aliphatic heterocycles. The number of phenols is 1. The van der Waals surface area contributed by atoms with Crippen molar-refractivity contribution in [1.29, 1.82) is 0 Å². The van der Waals surface area contributed by atoms with Gasteiger partial charge in [-0.1, -0.05) is 6.92 Å². The van der Waals surface area contributed by atoms with Crippen molar-refractivity contribution in [3.05, 3.63) is 29.1 Å². The second-order valence-electron chi connectivity index (χ2n) is 3.93. The fourth-order valence-corrected chi connectivity index (χ4v) is 1.89. The average Bonchev–Trinajstić information content (AvgIpc) is 2.33. The predicted molar refractivity (Wildman–Crippen MR) is 59.0 cm³/mol. The van der Waals surface area contributed by atoms with Gasteiger partial charge in [-0.25, -0.2) is 4.39 Å². The number of benzene rings is 1. The van der Waals surface area contributed by atoms with E-state index in [2.05, 4.69) is 5.32 Å². The molecule has 0 bridgehead atoms. The number of hydrogen-bond acceptors (Lipinski definition) is 3. The first kappa shape index (κ1) is 11.4. The summed E-state index contributed by atoms with van der Waals surface area (Å²) in [6.45, 7) is 3.95. The first-order valence-electron chi connectivity index (χ1n) is 5.56. The zero-order valence-electron chi connectivity index (χ0n) is 9.29. The topological polar surface area (TPSA) is 41.5 Å². The summed E-state index contributed by atoms with van der Waals surface area (Å²) in [5, 5.41) is 12.8. The van der Waals surface area contributed by atoms with Crippen LogP contribution in [0.1, 0.15) is 24.2 Å². The fourth-order valence-electron chi connectivity index (χ4n) is 1.89. The van der Waals surface area contributed by atoms with Crippen LogP contribution in [-0.4, -0.2) is 24.8 Å². The highest BCUT2D eigenvalue weighted by Crippen LogP contribution is 2.31. The summed E-state index contributed by atoms with van der Waals surface area (Å²) < 4.78 is 19.0. The number of aryl methyl sites for hydroxylation is 1. The summed E-state index contributed by atoms with van der Waals surface area (Å²) in [6, 6.07) is 3.19. The molecule has 1 aromatic carbocycles. The van der Waals surface area contributed by atoms with E-state index in [0.29, 0.717) is 18.7 Å². The molecule has 1 aromatic rings. The molecule has 1 atom stereocenters. The van der Waals surface area contributed by atoms with Gasteiger partial charge in [-0.3, -0.25) is 0 Å². The van der Waals surface area contributed by atoms with E-state index in [0.717, 1.165) is 18.5 Å². The van der Waals surface area contributed by atoms with Gasteiger partial charge in [0.2, 0.25) is 0 Å². The van der Waals surface area contributed by atoms with Crippen LogP contribution in [0.4, 0.5) is 4.39 Å². The Labute approximate surface area is 94.2 Å². The van der Waals surface area contributed by atoms with Crippen molar-refractivity contribution in [2.45, 2.75) is 19.4 Å². The Kier molecular flexibility index (Phi) is 3.41. The number of aromatic hydroxyl groups is 1. The minimum atomic E-state index is -0.566. The third-order valence-corrected chi connectivity index (χ3v) is 2.84. The van der Waals surface area contributed by atoms with Crippen LogP contribution < -0.4 is 5.32 Å². The Morgan fingerprint density at radius 3 is 3.00 bits per heavy atom. The molecule has 1 fully saturated rings. The van der Waals surface area contributed by atoms with Crippen molar-refractivity contribution in [2.75, 3.05) is 19.7 Å². The molecule has 1 aliphatic rings. The SMILES string of the molecule is CCc1cc(F)c(O)c(C2CNCCO2)c1. The molecule has 1 unspecified atom stereocenters. The van der Waals surface area contributed by atoms with E-state index in [4.69, 9.17) is 4.74 Å². The van der Waals surface area contributed by atoms with E-state index < -0.39 is 5.82 Å². The van der Waals surface area contributed by atoms with E-state index in [1.807, 2.05) is 13.0 Å². The molecule has 0 spiro atoms. The molecule has 2 N–H and O–H groups in total. The van der Waals surface area contributed by atoms with Gasteiger partial charge >= 0.3 is 0 Å². The number of morpholine rings is 1. The van der Waals surface area contributed by atoms with Crippen molar-refractivity contribution in [3.8, 4) is 5.75 Å². The molecule has 0 aliphatic carbocycles. The number of hydrogen-bond donors (Lipinski definition) is 2. The standard InChI is InChI=1S/C12H16FNO2/c1-2-8-5-9(12(15)10(13)6-8)11-7-14-3-4-16-11/h5-6,11,14-15H,2-4,7H2,1H3. The lowest BCUT2D eigenvalue weighted by Gasteiger charge is -2.25. The minimum absolute atomic E-state index is 0.255. The quantitative estimate of drug-likeness (QED) is 0.805. The van der Waals surface area contributed by atoms with Crippen molar-refractivity contribution < 1.29 is 14.2 Å². The molecule has 1 saturated heterocycles. The molecule has 0 amide bonds. The number of rotatable bonds is 2. The second kappa shape index (κ2) is 4.80. The third-order valence-electron chi connectivity index (χ3n) is 2.84. The fraction of sp³-hybridized carbons (Fsp3) is 0.500. The van der Waals surface area contributed by atoms with Gasteiger partial charge in [0.25, 0.3) is 0 Å². The highest BCUT2D eigenvalue weighted by Gasteiger charge is 2.21. The summed E-state index contributed by atoms with van der Waals surface area (Å²) in [5.41, 5.74) is 1.42. The van der Waals surface area contributed by atoms with Crippen LogP contribution in [0.5, 0.6) is 5.75 Å².